The zero-order valence-electron chi connectivity index (χ0n) is 12.3. The molecule has 2 bridgehead atoms. The third kappa shape index (κ3) is 2.13. The fraction of sp³-hybridized carbons (Fsp3) is 0.588. The Morgan fingerprint density at radius 2 is 2.05 bits per heavy atom. The summed E-state index contributed by atoms with van der Waals surface area (Å²) in [7, 11) is 0. The summed E-state index contributed by atoms with van der Waals surface area (Å²) < 4.78 is 0. The highest BCUT2D eigenvalue weighted by Gasteiger charge is 2.49. The molecule has 0 amide bonds. The Hall–Kier alpha value is -1.37. The van der Waals surface area contributed by atoms with Crippen molar-refractivity contribution < 1.29 is 0 Å². The summed E-state index contributed by atoms with van der Waals surface area (Å²) in [6, 6.07) is 14.2. The van der Waals surface area contributed by atoms with Crippen LogP contribution < -0.4 is 5.32 Å². The molecule has 0 aromatic heterocycles. The minimum Gasteiger partial charge on any atom is -0.314 e. The molecule has 1 aromatic rings. The van der Waals surface area contributed by atoms with E-state index in [2.05, 4.69) is 60.5 Å². The predicted octanol–water partition coefficient (Wildman–Crippen LogP) is 2.50. The van der Waals surface area contributed by atoms with Gasteiger partial charge in [-0.3, -0.25) is 4.90 Å². The molecule has 3 atom stereocenters. The molecular weight excluding hydrogens is 246 g/mol. The molecule has 2 heterocycles. The van der Waals surface area contributed by atoms with Gasteiger partial charge < -0.3 is 5.32 Å². The molecule has 3 heteroatoms. The average Bonchev–Trinajstić information content (AvgIpc) is 2.68. The molecule has 1 N–H and O–H groups in total. The molecule has 0 radical (unpaired) electrons. The van der Waals surface area contributed by atoms with Crippen LogP contribution in [0.2, 0.25) is 0 Å². The van der Waals surface area contributed by atoms with E-state index in [1.165, 1.54) is 5.56 Å². The van der Waals surface area contributed by atoms with Crippen LogP contribution in [-0.4, -0.2) is 30.1 Å². The Morgan fingerprint density at radius 3 is 2.75 bits per heavy atom. The van der Waals surface area contributed by atoms with E-state index in [4.69, 9.17) is 5.26 Å². The second-order valence-electron chi connectivity index (χ2n) is 6.57. The molecule has 2 aliphatic rings. The Kier molecular flexibility index (Phi) is 3.54. The maximum absolute atomic E-state index is 9.06. The van der Waals surface area contributed by atoms with E-state index >= 15 is 0 Å². The van der Waals surface area contributed by atoms with Crippen molar-refractivity contribution in [1.82, 2.24) is 10.2 Å². The summed E-state index contributed by atoms with van der Waals surface area (Å²) >= 11 is 0. The molecule has 1 aromatic carbocycles. The third-order valence-electron chi connectivity index (χ3n) is 5.08. The normalized spacial score (nSPS) is 30.1. The van der Waals surface area contributed by atoms with Crippen LogP contribution in [0, 0.1) is 17.2 Å². The zero-order valence-corrected chi connectivity index (χ0v) is 12.3. The van der Waals surface area contributed by atoms with Gasteiger partial charge in [0, 0.05) is 37.1 Å². The molecule has 20 heavy (non-hydrogen) atoms. The van der Waals surface area contributed by atoms with Crippen LogP contribution in [-0.2, 0) is 5.54 Å². The lowest BCUT2D eigenvalue weighted by molar-refractivity contribution is 0.0320. The Labute approximate surface area is 121 Å². The van der Waals surface area contributed by atoms with Crippen molar-refractivity contribution in [3.05, 3.63) is 35.9 Å². The standard InChI is InChI=1S/C17H23N3/c1-17(2,14-6-4-3-5-7-14)20-15-10-13(8-9-18)16(20)12-19-11-15/h3-7,13,15-16,19H,8,10-12H2,1-2H3. The second-order valence-corrected chi connectivity index (χ2v) is 6.57. The van der Waals surface area contributed by atoms with E-state index in [1.807, 2.05) is 0 Å². The molecule has 3 unspecified atom stereocenters. The smallest absolute Gasteiger partial charge is 0.0625 e. The Balaban J connectivity index is 1.92. The number of piperazine rings is 1. The van der Waals surface area contributed by atoms with Gasteiger partial charge in [0.2, 0.25) is 0 Å². The highest BCUT2D eigenvalue weighted by molar-refractivity contribution is 5.25. The van der Waals surface area contributed by atoms with Crippen molar-refractivity contribution in [3.8, 4) is 6.07 Å². The first-order chi connectivity index (χ1) is 9.64. The zero-order chi connectivity index (χ0) is 14.2. The highest BCUT2D eigenvalue weighted by atomic mass is 15.3. The lowest BCUT2D eigenvalue weighted by atomic mass is 9.89. The summed E-state index contributed by atoms with van der Waals surface area (Å²) in [6.07, 6.45) is 1.84. The topological polar surface area (TPSA) is 39.1 Å². The first-order valence-corrected chi connectivity index (χ1v) is 7.56. The van der Waals surface area contributed by atoms with Gasteiger partial charge in [0.05, 0.1) is 6.07 Å². The maximum atomic E-state index is 9.06. The van der Waals surface area contributed by atoms with Crippen molar-refractivity contribution in [3.63, 3.8) is 0 Å². The SMILES string of the molecule is CC(C)(c1ccccc1)N1C2CNCC1C(CC#N)C2. The van der Waals surface area contributed by atoms with E-state index in [0.29, 0.717) is 24.4 Å². The van der Waals surface area contributed by atoms with Gasteiger partial charge in [-0.2, -0.15) is 5.26 Å². The molecule has 106 valence electrons. The van der Waals surface area contributed by atoms with Gasteiger partial charge in [-0.05, 0) is 31.7 Å². The van der Waals surface area contributed by atoms with E-state index in [0.717, 1.165) is 19.5 Å². The quantitative estimate of drug-likeness (QED) is 0.916. The van der Waals surface area contributed by atoms with Crippen LogP contribution in [0.1, 0.15) is 32.3 Å². The van der Waals surface area contributed by atoms with E-state index in [1.54, 1.807) is 0 Å². The molecule has 2 fully saturated rings. The molecule has 3 nitrogen and oxygen atoms in total. The van der Waals surface area contributed by atoms with Gasteiger partial charge >= 0.3 is 0 Å². The fourth-order valence-corrected chi connectivity index (χ4v) is 4.17. The molecule has 3 rings (SSSR count). The predicted molar refractivity (Wildman–Crippen MR) is 80.1 cm³/mol. The first-order valence-electron chi connectivity index (χ1n) is 7.56. The molecule has 0 spiro atoms. The van der Waals surface area contributed by atoms with Gasteiger partial charge in [-0.15, -0.1) is 0 Å². The molecular formula is C17H23N3. The summed E-state index contributed by atoms with van der Waals surface area (Å²) in [5.41, 5.74) is 1.40. The minimum atomic E-state index is 0.0307. The first kappa shape index (κ1) is 13.6. The van der Waals surface area contributed by atoms with Crippen molar-refractivity contribution in [2.45, 2.75) is 44.3 Å². The maximum Gasteiger partial charge on any atom is 0.0625 e. The number of nitriles is 1. The molecule has 2 saturated heterocycles. The van der Waals surface area contributed by atoms with Crippen LogP contribution in [0.4, 0.5) is 0 Å². The third-order valence-corrected chi connectivity index (χ3v) is 5.08. The molecule has 0 saturated carbocycles. The summed E-state index contributed by atoms with van der Waals surface area (Å²) in [5, 5.41) is 12.6. The van der Waals surface area contributed by atoms with Gasteiger partial charge in [0.1, 0.15) is 0 Å². The lowest BCUT2D eigenvalue weighted by Gasteiger charge is -2.47. The van der Waals surface area contributed by atoms with Crippen LogP contribution >= 0.6 is 0 Å². The van der Waals surface area contributed by atoms with Gasteiger partial charge in [-0.25, -0.2) is 0 Å². The van der Waals surface area contributed by atoms with E-state index in [9.17, 15) is 0 Å². The van der Waals surface area contributed by atoms with E-state index in [-0.39, 0.29) is 5.54 Å². The number of rotatable bonds is 3. The van der Waals surface area contributed by atoms with Crippen LogP contribution in [0.15, 0.2) is 30.3 Å². The van der Waals surface area contributed by atoms with Crippen molar-refractivity contribution >= 4 is 0 Å². The monoisotopic (exact) mass is 269 g/mol. The Morgan fingerprint density at radius 1 is 1.30 bits per heavy atom. The number of nitrogens with one attached hydrogen (secondary N) is 1. The van der Waals surface area contributed by atoms with Crippen LogP contribution in [0.3, 0.4) is 0 Å². The fourth-order valence-electron chi connectivity index (χ4n) is 4.17. The van der Waals surface area contributed by atoms with Gasteiger partial charge in [0.25, 0.3) is 0 Å². The van der Waals surface area contributed by atoms with Crippen molar-refractivity contribution in [2.24, 2.45) is 5.92 Å². The number of hydrogen-bond acceptors (Lipinski definition) is 3. The van der Waals surface area contributed by atoms with Crippen LogP contribution in [0.5, 0.6) is 0 Å². The number of hydrogen-bond donors (Lipinski definition) is 1. The van der Waals surface area contributed by atoms with Gasteiger partial charge in [-0.1, -0.05) is 30.3 Å². The lowest BCUT2D eigenvalue weighted by Crippen LogP contribution is -2.59. The minimum absolute atomic E-state index is 0.0307. The van der Waals surface area contributed by atoms with Crippen LogP contribution in [0.25, 0.3) is 0 Å². The summed E-state index contributed by atoms with van der Waals surface area (Å²) in [6.45, 7) is 6.71. The summed E-state index contributed by atoms with van der Waals surface area (Å²) in [4.78, 5) is 2.67. The number of benzene rings is 1. The number of nitrogens with zero attached hydrogens (tertiary/aromatic N) is 2. The van der Waals surface area contributed by atoms with Gasteiger partial charge in [0.15, 0.2) is 0 Å². The largest absolute Gasteiger partial charge is 0.314 e. The average molecular weight is 269 g/mol. The number of fused-ring (bicyclic) bond motifs is 2. The van der Waals surface area contributed by atoms with Crippen molar-refractivity contribution in [2.75, 3.05) is 13.1 Å². The molecule has 0 aliphatic carbocycles. The molecule has 2 aliphatic heterocycles. The Bertz CT molecular complexity index is 503. The second kappa shape index (κ2) is 5.20. The summed E-state index contributed by atoms with van der Waals surface area (Å²) in [5.74, 6) is 0.517. The highest BCUT2D eigenvalue weighted by Crippen LogP contribution is 2.42. The van der Waals surface area contributed by atoms with E-state index < -0.39 is 0 Å². The van der Waals surface area contributed by atoms with Crippen molar-refractivity contribution in [1.29, 1.82) is 5.26 Å².